The third-order valence-corrected chi connectivity index (χ3v) is 6.10. The molecule has 10 heteroatoms. The first kappa shape index (κ1) is 25.4. The van der Waals surface area contributed by atoms with Crippen molar-refractivity contribution in [2.24, 2.45) is 0 Å². The van der Waals surface area contributed by atoms with E-state index in [1.54, 1.807) is 30.3 Å². The Balaban J connectivity index is 1.51. The van der Waals surface area contributed by atoms with E-state index in [4.69, 9.17) is 4.74 Å². The van der Waals surface area contributed by atoms with Crippen molar-refractivity contribution in [2.45, 2.75) is 39.3 Å². The average Bonchev–Trinajstić information content (AvgIpc) is 2.84. The van der Waals surface area contributed by atoms with Crippen LogP contribution in [0.1, 0.15) is 42.3 Å². The van der Waals surface area contributed by atoms with Gasteiger partial charge in [0.05, 0.1) is 15.7 Å². The number of benzene rings is 2. The van der Waals surface area contributed by atoms with Gasteiger partial charge < -0.3 is 25.6 Å². The van der Waals surface area contributed by atoms with E-state index in [0.717, 1.165) is 17.7 Å². The van der Waals surface area contributed by atoms with E-state index in [-0.39, 0.29) is 12.0 Å². The summed E-state index contributed by atoms with van der Waals surface area (Å²) in [6.45, 7) is 6.69. The van der Waals surface area contributed by atoms with Gasteiger partial charge in [-0.3, -0.25) is 4.79 Å². The maximum Gasteiger partial charge on any atom is 0.410 e. The molecule has 3 N–H and O–H groups in total. The van der Waals surface area contributed by atoms with Crippen LogP contribution >= 0.6 is 15.9 Å². The SMILES string of the molecule is CNC(=O)c1ccccc1Nc1nc(Nc2ccc3c(c2)CN(C(=O)OC(C)(C)C)CC3)ncc1Br. The molecule has 2 heterocycles. The molecule has 0 aliphatic carbocycles. The van der Waals surface area contributed by atoms with E-state index in [1.165, 1.54) is 5.56 Å². The average molecular weight is 553 g/mol. The summed E-state index contributed by atoms with van der Waals surface area (Å²) >= 11 is 3.48. The molecule has 1 aliphatic rings. The molecule has 0 saturated carbocycles. The van der Waals surface area contributed by atoms with Gasteiger partial charge in [-0.15, -0.1) is 0 Å². The molecule has 2 aromatic carbocycles. The van der Waals surface area contributed by atoms with E-state index < -0.39 is 5.60 Å². The lowest BCUT2D eigenvalue weighted by Gasteiger charge is -2.31. The zero-order valence-electron chi connectivity index (χ0n) is 20.7. The minimum Gasteiger partial charge on any atom is -0.444 e. The van der Waals surface area contributed by atoms with Gasteiger partial charge in [-0.25, -0.2) is 9.78 Å². The van der Waals surface area contributed by atoms with Gasteiger partial charge in [0.1, 0.15) is 11.4 Å². The van der Waals surface area contributed by atoms with Crippen molar-refractivity contribution in [3.05, 3.63) is 69.8 Å². The second-order valence-corrected chi connectivity index (χ2v) is 10.3. The molecule has 0 spiro atoms. The molecule has 0 atom stereocenters. The molecule has 9 nitrogen and oxygen atoms in total. The minimum atomic E-state index is -0.535. The summed E-state index contributed by atoms with van der Waals surface area (Å²) in [4.78, 5) is 35.4. The van der Waals surface area contributed by atoms with E-state index in [9.17, 15) is 9.59 Å². The Bertz CT molecular complexity index is 1290. The van der Waals surface area contributed by atoms with Crippen LogP contribution in [0.25, 0.3) is 0 Å². The highest BCUT2D eigenvalue weighted by Gasteiger charge is 2.26. The molecule has 0 bridgehead atoms. The number of hydrogen-bond donors (Lipinski definition) is 3. The molecule has 1 aromatic heterocycles. The van der Waals surface area contributed by atoms with Gasteiger partial charge >= 0.3 is 6.09 Å². The van der Waals surface area contributed by atoms with Gasteiger partial charge in [-0.05, 0) is 78.5 Å². The Hall–Kier alpha value is -3.66. The van der Waals surface area contributed by atoms with Crippen molar-refractivity contribution in [2.75, 3.05) is 24.2 Å². The molecule has 0 saturated heterocycles. The van der Waals surface area contributed by atoms with Crippen molar-refractivity contribution >= 4 is 51.1 Å². The number of anilines is 4. The number of rotatable bonds is 5. The van der Waals surface area contributed by atoms with Crippen molar-refractivity contribution in [3.8, 4) is 0 Å². The lowest BCUT2D eigenvalue weighted by atomic mass is 9.99. The number of hydrogen-bond acceptors (Lipinski definition) is 7. The van der Waals surface area contributed by atoms with Crippen molar-refractivity contribution < 1.29 is 14.3 Å². The number of fused-ring (bicyclic) bond motifs is 1. The first-order valence-corrected chi connectivity index (χ1v) is 12.4. The topological polar surface area (TPSA) is 108 Å². The molecular formula is C26H29BrN6O3. The molecule has 0 fully saturated rings. The number of carbonyl (C=O) groups excluding carboxylic acids is 2. The molecule has 0 radical (unpaired) electrons. The standard InChI is InChI=1S/C26H29BrN6O3/c1-26(2,3)36-25(35)33-12-11-16-9-10-18(13-17(16)15-33)30-24-29-14-20(27)22(32-24)31-21-8-6-5-7-19(21)23(34)28-4/h5-10,13-14H,11-12,15H2,1-4H3,(H,28,34)(H2,29,30,31,32). The molecule has 188 valence electrons. The summed E-state index contributed by atoms with van der Waals surface area (Å²) in [5, 5.41) is 9.10. The van der Waals surface area contributed by atoms with Crippen LogP contribution in [-0.4, -0.2) is 46.1 Å². The summed E-state index contributed by atoms with van der Waals surface area (Å²) in [5.74, 6) is 0.701. The number of halogens is 1. The van der Waals surface area contributed by atoms with Gasteiger partial charge in [0, 0.05) is 32.0 Å². The highest BCUT2D eigenvalue weighted by atomic mass is 79.9. The molecular weight excluding hydrogens is 524 g/mol. The van der Waals surface area contributed by atoms with Crippen LogP contribution in [0.15, 0.2) is 53.1 Å². The first-order chi connectivity index (χ1) is 17.1. The Morgan fingerprint density at radius 2 is 1.86 bits per heavy atom. The zero-order valence-corrected chi connectivity index (χ0v) is 22.3. The van der Waals surface area contributed by atoms with Crippen molar-refractivity contribution in [1.29, 1.82) is 0 Å². The number of ether oxygens (including phenoxy) is 1. The normalized spacial score (nSPS) is 13.0. The van der Waals surface area contributed by atoms with Crippen LogP contribution in [0, 0.1) is 0 Å². The Labute approximate surface area is 218 Å². The number of para-hydroxylation sites is 1. The monoisotopic (exact) mass is 552 g/mol. The Morgan fingerprint density at radius 3 is 2.61 bits per heavy atom. The van der Waals surface area contributed by atoms with Crippen LogP contribution in [-0.2, 0) is 17.7 Å². The van der Waals surface area contributed by atoms with Crippen LogP contribution in [0.4, 0.5) is 27.9 Å². The summed E-state index contributed by atoms with van der Waals surface area (Å²) in [6.07, 6.45) is 2.10. The zero-order chi connectivity index (χ0) is 25.9. The van der Waals surface area contributed by atoms with Gasteiger partial charge in [-0.2, -0.15) is 4.98 Å². The van der Waals surface area contributed by atoms with E-state index >= 15 is 0 Å². The quantitative estimate of drug-likeness (QED) is 0.390. The maximum atomic E-state index is 12.5. The second kappa shape index (κ2) is 10.5. The lowest BCUT2D eigenvalue weighted by molar-refractivity contribution is 0.0224. The highest BCUT2D eigenvalue weighted by Crippen LogP contribution is 2.29. The summed E-state index contributed by atoms with van der Waals surface area (Å²) < 4.78 is 6.19. The fourth-order valence-corrected chi connectivity index (χ4v) is 4.10. The summed E-state index contributed by atoms with van der Waals surface area (Å²) in [5.41, 5.74) is 3.64. The van der Waals surface area contributed by atoms with Gasteiger partial charge in [0.2, 0.25) is 5.95 Å². The highest BCUT2D eigenvalue weighted by molar-refractivity contribution is 9.10. The molecule has 36 heavy (non-hydrogen) atoms. The number of carbonyl (C=O) groups is 2. The molecule has 1 aliphatic heterocycles. The number of amides is 2. The Kier molecular flexibility index (Phi) is 7.44. The first-order valence-electron chi connectivity index (χ1n) is 11.6. The van der Waals surface area contributed by atoms with E-state index in [1.807, 2.05) is 45.0 Å². The fraction of sp³-hybridized carbons (Fsp3) is 0.308. The lowest BCUT2D eigenvalue weighted by Crippen LogP contribution is -2.39. The Morgan fingerprint density at radius 1 is 1.08 bits per heavy atom. The third kappa shape index (κ3) is 6.12. The molecule has 4 rings (SSSR count). The van der Waals surface area contributed by atoms with Crippen molar-refractivity contribution in [1.82, 2.24) is 20.2 Å². The predicted octanol–water partition coefficient (Wildman–Crippen LogP) is 5.38. The van der Waals surface area contributed by atoms with Crippen LogP contribution in [0.5, 0.6) is 0 Å². The van der Waals surface area contributed by atoms with E-state index in [2.05, 4.69) is 47.9 Å². The van der Waals surface area contributed by atoms with Crippen molar-refractivity contribution in [3.63, 3.8) is 0 Å². The van der Waals surface area contributed by atoms with Gasteiger partial charge in [-0.1, -0.05) is 18.2 Å². The maximum absolute atomic E-state index is 12.5. The van der Waals surface area contributed by atoms with Crippen LogP contribution in [0.2, 0.25) is 0 Å². The van der Waals surface area contributed by atoms with Gasteiger partial charge in [0.25, 0.3) is 5.91 Å². The molecule has 0 unspecified atom stereocenters. The fourth-order valence-electron chi connectivity index (χ4n) is 3.81. The number of nitrogens with zero attached hydrogens (tertiary/aromatic N) is 3. The minimum absolute atomic E-state index is 0.198. The predicted molar refractivity (Wildman–Crippen MR) is 143 cm³/mol. The van der Waals surface area contributed by atoms with Crippen LogP contribution < -0.4 is 16.0 Å². The number of nitrogens with one attached hydrogen (secondary N) is 3. The van der Waals surface area contributed by atoms with Gasteiger partial charge in [0.15, 0.2) is 0 Å². The molecule has 3 aromatic rings. The second-order valence-electron chi connectivity index (χ2n) is 9.40. The largest absolute Gasteiger partial charge is 0.444 e. The summed E-state index contributed by atoms with van der Waals surface area (Å²) in [7, 11) is 1.59. The summed E-state index contributed by atoms with van der Waals surface area (Å²) in [6, 6.07) is 13.2. The number of aromatic nitrogens is 2. The third-order valence-electron chi connectivity index (χ3n) is 5.52. The van der Waals surface area contributed by atoms with E-state index in [0.29, 0.717) is 40.6 Å². The molecule has 2 amide bonds. The van der Waals surface area contributed by atoms with Crippen LogP contribution in [0.3, 0.4) is 0 Å². The smallest absolute Gasteiger partial charge is 0.410 e.